The molecule has 0 aliphatic heterocycles. The van der Waals surface area contributed by atoms with Gasteiger partial charge in [-0.1, -0.05) is 0 Å². The molecule has 0 amide bonds. The molecule has 0 aromatic heterocycles. The molecule has 0 saturated heterocycles. The van der Waals surface area contributed by atoms with E-state index in [0.29, 0.717) is 0 Å². The minimum Gasteiger partial charge on any atom is -0.362 e. The van der Waals surface area contributed by atoms with Crippen LogP contribution < -0.4 is 16.2 Å². The van der Waals surface area contributed by atoms with E-state index in [1.807, 2.05) is 0 Å². The number of nitrogens with two attached hydrogens (primary N) is 3. The Morgan fingerprint density at radius 2 is 1.86 bits per heavy atom. The topological polar surface area (TPSA) is 114 Å². The second-order valence-corrected chi connectivity index (χ2v) is 3.50. The van der Waals surface area contributed by atoms with Gasteiger partial charge in [0.2, 0.25) is 0 Å². The molecule has 0 fully saturated rings. The summed E-state index contributed by atoms with van der Waals surface area (Å²) in [5.74, 6) is 0.965. The van der Waals surface area contributed by atoms with Crippen molar-refractivity contribution < 1.29 is 4.79 Å². The lowest BCUT2D eigenvalue weighted by Gasteiger charge is -1.96. The fourth-order valence-corrected chi connectivity index (χ4v) is 0.300. The van der Waals surface area contributed by atoms with Gasteiger partial charge in [-0.2, -0.15) is 4.79 Å². The van der Waals surface area contributed by atoms with Crippen LogP contribution in [0.15, 0.2) is 0 Å². The molecule has 7 heavy (non-hydrogen) atoms. The highest BCUT2D eigenvalue weighted by molar-refractivity contribution is 6.94. The van der Waals surface area contributed by atoms with E-state index in [1.54, 1.807) is 0 Å². The highest BCUT2D eigenvalue weighted by Crippen LogP contribution is 1.51. The van der Waals surface area contributed by atoms with Crippen molar-refractivity contribution in [2.45, 2.75) is 0 Å². The van der Waals surface area contributed by atoms with Gasteiger partial charge in [0, 0.05) is 0 Å². The Morgan fingerprint density at radius 3 is 1.86 bits per heavy atom. The minimum atomic E-state index is -2.70. The van der Waals surface area contributed by atoms with Gasteiger partial charge in [-0.25, -0.2) is 0 Å². The maximum Gasteiger partial charge on any atom is 0.395 e. The molecule has 6 heteroatoms. The second-order valence-electron chi connectivity index (χ2n) is 1.24. The smallest absolute Gasteiger partial charge is 0.362 e. The summed E-state index contributed by atoms with van der Waals surface area (Å²) in [5, 5.41) is 15.1. The maximum absolute atomic E-state index is 7.77. The Labute approximate surface area is 42.0 Å². The van der Waals surface area contributed by atoms with Gasteiger partial charge < -0.3 is 21.7 Å². The lowest BCUT2D eigenvalue weighted by molar-refractivity contribution is 0.00658. The summed E-state index contributed by atoms with van der Waals surface area (Å²) in [6, 6.07) is 0. The lowest BCUT2D eigenvalue weighted by atomic mass is 11.7. The zero-order valence-corrected chi connectivity index (χ0v) is 4.70. The molecule has 0 aromatic carbocycles. The van der Waals surface area contributed by atoms with Crippen LogP contribution in [0.5, 0.6) is 0 Å². The van der Waals surface area contributed by atoms with Gasteiger partial charge in [0.25, 0.3) is 5.84 Å². The molecular formula is CH7N5Si. The molecule has 0 rings (SSSR count). The molecule has 0 aromatic rings. The molecule has 0 radical (unpaired) electrons. The van der Waals surface area contributed by atoms with Crippen molar-refractivity contribution in [3.05, 3.63) is 5.53 Å². The molecule has 0 spiro atoms. The van der Waals surface area contributed by atoms with Gasteiger partial charge in [0.1, 0.15) is 0 Å². The monoisotopic (exact) mass is 117 g/mol. The first kappa shape index (κ1) is 6.48. The first-order valence-corrected chi connectivity index (χ1v) is 3.92. The Kier molecular flexibility index (Phi) is 1.82. The molecule has 0 heterocycles. The van der Waals surface area contributed by atoms with Crippen molar-refractivity contribution in [3.8, 4) is 0 Å². The van der Waals surface area contributed by atoms with E-state index >= 15 is 0 Å². The molecule has 0 aliphatic rings. The number of hydrogen-bond acceptors (Lipinski definition) is 3. The van der Waals surface area contributed by atoms with Crippen LogP contribution in [0.1, 0.15) is 0 Å². The van der Waals surface area contributed by atoms with E-state index in [-0.39, 0.29) is 0 Å². The number of hydrogen-bond donors (Lipinski definition) is 3. The summed E-state index contributed by atoms with van der Waals surface area (Å²) in [6.45, 7) is 0. The first-order chi connectivity index (χ1) is 3.06. The van der Waals surface area contributed by atoms with Crippen LogP contribution in [-0.4, -0.2) is 19.2 Å². The largest absolute Gasteiger partial charge is 0.395 e. The molecular weight excluding hydrogens is 110 g/mol. The van der Waals surface area contributed by atoms with Gasteiger partial charge in [-0.05, 0) is 0 Å². The summed E-state index contributed by atoms with van der Waals surface area (Å²) in [4.78, 5) is 2.57. The quantitative estimate of drug-likeness (QED) is 0.154. The predicted octanol–water partition coefficient (Wildman–Crippen LogP) is -2.36. The standard InChI is InChI=1S/CH7N5Si/c2-6-1-7(3,4)5/h1H,3-5H2. The van der Waals surface area contributed by atoms with Crippen LogP contribution in [-0.2, 0) is 0 Å². The predicted molar refractivity (Wildman–Crippen MR) is 28.0 cm³/mol. The Hall–Kier alpha value is -0.523. The van der Waals surface area contributed by atoms with Crippen molar-refractivity contribution in [3.63, 3.8) is 0 Å². The molecule has 5 nitrogen and oxygen atoms in total. The second kappa shape index (κ2) is 1.96. The molecule has 0 aliphatic carbocycles. The van der Waals surface area contributed by atoms with Gasteiger partial charge in [-0.3, -0.25) is 0 Å². The van der Waals surface area contributed by atoms with E-state index < -0.39 is 8.56 Å². The molecule has 40 valence electrons. The summed E-state index contributed by atoms with van der Waals surface area (Å²) in [7, 11) is -2.70. The third-order valence-electron chi connectivity index (χ3n) is 0.281. The fourth-order valence-electron chi connectivity index (χ4n) is 0.100. The summed E-state index contributed by atoms with van der Waals surface area (Å²) in [5.41, 5.74) is 7.77. The fraction of sp³-hybridized carbons (Fsp3) is 0. The van der Waals surface area contributed by atoms with Crippen molar-refractivity contribution >= 4 is 14.4 Å². The minimum absolute atomic E-state index is 0.965. The third kappa shape index (κ3) is 5.48. The third-order valence-corrected chi connectivity index (χ3v) is 0.844. The van der Waals surface area contributed by atoms with Crippen LogP contribution in [0, 0.1) is 0 Å². The maximum atomic E-state index is 7.77. The highest BCUT2D eigenvalue weighted by Gasteiger charge is 2.19. The van der Waals surface area contributed by atoms with Crippen molar-refractivity contribution in [1.82, 2.24) is 0 Å². The van der Waals surface area contributed by atoms with Gasteiger partial charge in [-0.15, -0.1) is 0 Å². The normalized spacial score (nSPS) is 10.1. The molecule has 0 saturated carbocycles. The molecule has 0 atom stereocenters. The van der Waals surface area contributed by atoms with Gasteiger partial charge in [0.15, 0.2) is 0 Å². The van der Waals surface area contributed by atoms with E-state index in [2.05, 4.69) is 4.79 Å². The van der Waals surface area contributed by atoms with E-state index in [9.17, 15) is 0 Å². The zero-order chi connectivity index (χ0) is 5.91. The summed E-state index contributed by atoms with van der Waals surface area (Å²) >= 11 is 0. The van der Waals surface area contributed by atoms with E-state index in [1.165, 1.54) is 0 Å². The van der Waals surface area contributed by atoms with Gasteiger partial charge >= 0.3 is 8.56 Å². The van der Waals surface area contributed by atoms with E-state index in [0.717, 1.165) is 5.84 Å². The van der Waals surface area contributed by atoms with Gasteiger partial charge in [0.05, 0.1) is 0 Å². The van der Waals surface area contributed by atoms with Crippen LogP contribution in [0.3, 0.4) is 0 Å². The zero-order valence-electron chi connectivity index (χ0n) is 3.70. The number of rotatable bonds is 1. The van der Waals surface area contributed by atoms with E-state index in [4.69, 9.17) is 21.7 Å². The number of nitrogens with zero attached hydrogens (tertiary/aromatic N) is 2. The van der Waals surface area contributed by atoms with Crippen LogP contribution >= 0.6 is 0 Å². The molecule has 6 N–H and O–H groups in total. The van der Waals surface area contributed by atoms with Crippen molar-refractivity contribution in [2.75, 3.05) is 0 Å². The van der Waals surface area contributed by atoms with Crippen molar-refractivity contribution in [1.29, 1.82) is 0 Å². The SMILES string of the molecule is [N-]=[N+]=C[Si](N)(N)N. The van der Waals surface area contributed by atoms with Crippen molar-refractivity contribution in [2.24, 2.45) is 16.2 Å². The first-order valence-electron chi connectivity index (χ1n) is 1.61. The van der Waals surface area contributed by atoms with Crippen LogP contribution in [0.25, 0.3) is 5.53 Å². The van der Waals surface area contributed by atoms with Crippen LogP contribution in [0.4, 0.5) is 0 Å². The lowest BCUT2D eigenvalue weighted by Crippen LogP contribution is -2.66. The average molecular weight is 117 g/mol. The molecule has 0 bridgehead atoms. The summed E-state index contributed by atoms with van der Waals surface area (Å²) in [6.07, 6.45) is 0. The molecule has 0 unspecified atom stereocenters. The Morgan fingerprint density at radius 1 is 1.43 bits per heavy atom. The summed E-state index contributed by atoms with van der Waals surface area (Å²) < 4.78 is 0. The average Bonchev–Trinajstić information content (AvgIpc) is 1.30. The Bertz CT molecular complexity index is 95.1. The highest BCUT2D eigenvalue weighted by atomic mass is 28.4. The Balaban J connectivity index is 3.80. The van der Waals surface area contributed by atoms with Crippen LogP contribution in [0.2, 0.25) is 0 Å².